The van der Waals surface area contributed by atoms with Crippen LogP contribution in [0.5, 0.6) is 0 Å². The Morgan fingerprint density at radius 3 is 1.18 bits per heavy atom. The molecular formula is C46H89O8P. The predicted molar refractivity (Wildman–Crippen MR) is 230 cm³/mol. The second-order valence-corrected chi connectivity index (χ2v) is 17.3. The third kappa shape index (κ3) is 45.4. The van der Waals surface area contributed by atoms with E-state index in [1.54, 1.807) is 0 Å². The first kappa shape index (κ1) is 53.8. The number of hydrogen-bond donors (Lipinski definition) is 2. The number of rotatable bonds is 44. The molecule has 0 radical (unpaired) electrons. The molecule has 326 valence electrons. The lowest BCUT2D eigenvalue weighted by molar-refractivity contribution is -0.161. The maximum atomic E-state index is 12.4. The second-order valence-electron chi connectivity index (χ2n) is 16.1. The fraction of sp³-hybridized carbons (Fsp3) is 0.913. The number of hydrogen-bond acceptors (Lipinski definition) is 6. The van der Waals surface area contributed by atoms with E-state index in [-0.39, 0.29) is 19.4 Å². The van der Waals surface area contributed by atoms with E-state index >= 15 is 0 Å². The fourth-order valence-corrected chi connectivity index (χ4v) is 7.40. The molecule has 8 nitrogen and oxygen atoms in total. The Labute approximate surface area is 339 Å². The maximum Gasteiger partial charge on any atom is 0.469 e. The van der Waals surface area contributed by atoms with Gasteiger partial charge in [0.2, 0.25) is 0 Å². The van der Waals surface area contributed by atoms with E-state index < -0.39 is 32.5 Å². The summed E-state index contributed by atoms with van der Waals surface area (Å²) in [5.41, 5.74) is 0. The van der Waals surface area contributed by atoms with Crippen molar-refractivity contribution in [1.29, 1.82) is 0 Å². The standard InChI is InChI=1S/C46H89O8P/c1-3-5-7-9-11-13-15-17-19-20-21-22-23-24-25-27-28-30-32-34-36-38-40-45(47)52-42-44(43-53-55(49,50)51)54-46(48)41-39-37-35-33-31-29-26-18-16-14-12-10-8-6-4-2/h35,37,44H,3-34,36,38-43H2,1-2H3,(H2,49,50,51)/b37-35+/t44-/m1/s1. The predicted octanol–water partition coefficient (Wildman–Crippen LogP) is 14.6. The van der Waals surface area contributed by atoms with Crippen molar-refractivity contribution in [2.45, 2.75) is 258 Å². The van der Waals surface area contributed by atoms with E-state index in [0.717, 1.165) is 32.1 Å². The molecule has 0 aromatic heterocycles. The molecule has 0 unspecified atom stereocenters. The Balaban J connectivity index is 3.81. The molecule has 0 spiro atoms. The highest BCUT2D eigenvalue weighted by atomic mass is 31.2. The van der Waals surface area contributed by atoms with Crippen LogP contribution in [0.1, 0.15) is 251 Å². The van der Waals surface area contributed by atoms with Gasteiger partial charge in [0.1, 0.15) is 6.61 Å². The topological polar surface area (TPSA) is 119 Å². The fourth-order valence-electron chi connectivity index (χ4n) is 7.04. The molecule has 0 saturated heterocycles. The van der Waals surface area contributed by atoms with Crippen molar-refractivity contribution in [3.63, 3.8) is 0 Å². The Hall–Kier alpha value is -1.21. The van der Waals surface area contributed by atoms with Crippen LogP contribution in [0.25, 0.3) is 0 Å². The average Bonchev–Trinajstić information content (AvgIpc) is 3.16. The smallest absolute Gasteiger partial charge is 0.462 e. The van der Waals surface area contributed by atoms with Crippen molar-refractivity contribution in [3.8, 4) is 0 Å². The van der Waals surface area contributed by atoms with E-state index in [9.17, 15) is 14.2 Å². The number of phosphoric acid groups is 1. The van der Waals surface area contributed by atoms with Gasteiger partial charge in [-0.25, -0.2) is 4.57 Å². The molecule has 0 fully saturated rings. The van der Waals surface area contributed by atoms with E-state index in [1.807, 2.05) is 6.08 Å². The van der Waals surface area contributed by atoms with Gasteiger partial charge in [-0.2, -0.15) is 0 Å². The van der Waals surface area contributed by atoms with Crippen LogP contribution in [0.2, 0.25) is 0 Å². The van der Waals surface area contributed by atoms with E-state index in [0.29, 0.717) is 6.42 Å². The van der Waals surface area contributed by atoms with E-state index in [1.165, 1.54) is 186 Å². The van der Waals surface area contributed by atoms with Crippen LogP contribution >= 0.6 is 7.82 Å². The van der Waals surface area contributed by atoms with Crippen LogP contribution in [-0.4, -0.2) is 41.0 Å². The quantitative estimate of drug-likeness (QED) is 0.0271. The van der Waals surface area contributed by atoms with Gasteiger partial charge in [0.05, 0.1) is 6.61 Å². The first-order valence-corrected chi connectivity index (χ1v) is 25.0. The third-order valence-corrected chi connectivity index (χ3v) is 11.0. The minimum Gasteiger partial charge on any atom is -0.462 e. The summed E-state index contributed by atoms with van der Waals surface area (Å²) >= 11 is 0. The molecule has 0 amide bonds. The zero-order chi connectivity index (χ0) is 40.3. The summed E-state index contributed by atoms with van der Waals surface area (Å²) in [7, 11) is -4.76. The summed E-state index contributed by atoms with van der Waals surface area (Å²) in [5.74, 6) is -0.926. The number of esters is 2. The summed E-state index contributed by atoms with van der Waals surface area (Å²) in [6.45, 7) is 3.69. The normalized spacial score (nSPS) is 12.4. The monoisotopic (exact) mass is 801 g/mol. The molecule has 9 heteroatoms. The Morgan fingerprint density at radius 2 is 0.800 bits per heavy atom. The van der Waals surface area contributed by atoms with Gasteiger partial charge in [-0.3, -0.25) is 14.1 Å². The van der Waals surface area contributed by atoms with Crippen molar-refractivity contribution in [2.24, 2.45) is 0 Å². The molecule has 0 aliphatic rings. The van der Waals surface area contributed by atoms with E-state index in [4.69, 9.17) is 19.3 Å². The molecule has 0 aromatic rings. The van der Waals surface area contributed by atoms with Gasteiger partial charge in [-0.05, 0) is 25.7 Å². The highest BCUT2D eigenvalue weighted by Crippen LogP contribution is 2.36. The highest BCUT2D eigenvalue weighted by Gasteiger charge is 2.22. The minimum atomic E-state index is -4.76. The zero-order valence-electron chi connectivity index (χ0n) is 36.1. The molecule has 2 N–H and O–H groups in total. The van der Waals surface area contributed by atoms with Gasteiger partial charge < -0.3 is 19.3 Å². The van der Waals surface area contributed by atoms with Crippen molar-refractivity contribution in [3.05, 3.63) is 12.2 Å². The number of phosphoric ester groups is 1. The molecule has 1 atom stereocenters. The summed E-state index contributed by atoms with van der Waals surface area (Å²) in [4.78, 5) is 42.9. The lowest BCUT2D eigenvalue weighted by Crippen LogP contribution is -2.29. The lowest BCUT2D eigenvalue weighted by atomic mass is 10.0. The molecule has 55 heavy (non-hydrogen) atoms. The Kier molecular flexibility index (Phi) is 41.5. The van der Waals surface area contributed by atoms with Crippen LogP contribution in [0.3, 0.4) is 0 Å². The second kappa shape index (κ2) is 42.4. The third-order valence-electron chi connectivity index (χ3n) is 10.5. The number of carbonyl (C=O) groups is 2. The number of ether oxygens (including phenoxy) is 2. The SMILES string of the molecule is CCCCCCCCCCCCC/C=C/CCC(=O)O[C@H](COC(=O)CCCCCCCCCCCCCCCCCCCCCCCC)COP(=O)(O)O. The van der Waals surface area contributed by atoms with Crippen molar-refractivity contribution in [2.75, 3.05) is 13.2 Å². The van der Waals surface area contributed by atoms with Gasteiger partial charge in [-0.1, -0.05) is 225 Å². The molecule has 0 bridgehead atoms. The van der Waals surface area contributed by atoms with Crippen LogP contribution in [0, 0.1) is 0 Å². The van der Waals surface area contributed by atoms with Crippen molar-refractivity contribution >= 4 is 19.8 Å². The summed E-state index contributed by atoms with van der Waals surface area (Å²) in [6.07, 6.45) is 48.2. The Morgan fingerprint density at radius 1 is 0.455 bits per heavy atom. The molecule has 0 aliphatic carbocycles. The number of unbranched alkanes of at least 4 members (excludes halogenated alkanes) is 32. The van der Waals surface area contributed by atoms with Crippen LogP contribution in [-0.2, 0) is 28.2 Å². The van der Waals surface area contributed by atoms with Gasteiger partial charge in [0.25, 0.3) is 0 Å². The Bertz CT molecular complexity index is 904. The number of allylic oxidation sites excluding steroid dienone is 2. The minimum absolute atomic E-state index is 0.134. The molecule has 0 aromatic carbocycles. The summed E-state index contributed by atoms with van der Waals surface area (Å²) in [5, 5.41) is 0. The largest absolute Gasteiger partial charge is 0.469 e. The van der Waals surface area contributed by atoms with Crippen molar-refractivity contribution < 1.29 is 37.9 Å². The van der Waals surface area contributed by atoms with E-state index in [2.05, 4.69) is 24.4 Å². The maximum absolute atomic E-state index is 12.4. The summed E-state index contributed by atoms with van der Waals surface area (Å²) < 4.78 is 26.4. The first-order valence-electron chi connectivity index (χ1n) is 23.5. The van der Waals surface area contributed by atoms with Gasteiger partial charge >= 0.3 is 19.8 Å². The molecule has 0 saturated carbocycles. The molecule has 0 aliphatic heterocycles. The van der Waals surface area contributed by atoms with Crippen LogP contribution < -0.4 is 0 Å². The van der Waals surface area contributed by atoms with Gasteiger partial charge in [0.15, 0.2) is 6.10 Å². The average molecular weight is 801 g/mol. The molecule has 0 heterocycles. The van der Waals surface area contributed by atoms with Gasteiger partial charge in [0, 0.05) is 12.8 Å². The molecular weight excluding hydrogens is 711 g/mol. The van der Waals surface area contributed by atoms with Crippen LogP contribution in [0.15, 0.2) is 12.2 Å². The lowest BCUT2D eigenvalue weighted by Gasteiger charge is -2.18. The highest BCUT2D eigenvalue weighted by molar-refractivity contribution is 7.46. The first-order chi connectivity index (χ1) is 26.8. The molecule has 0 rings (SSSR count). The zero-order valence-corrected chi connectivity index (χ0v) is 37.0. The number of carbonyl (C=O) groups excluding carboxylic acids is 2. The van der Waals surface area contributed by atoms with Crippen molar-refractivity contribution in [1.82, 2.24) is 0 Å². The van der Waals surface area contributed by atoms with Crippen LogP contribution in [0.4, 0.5) is 0 Å². The van der Waals surface area contributed by atoms with Gasteiger partial charge in [-0.15, -0.1) is 0 Å². The summed E-state index contributed by atoms with van der Waals surface area (Å²) in [6, 6.07) is 0.